The Morgan fingerprint density at radius 1 is 0.486 bits per heavy atom. The molecule has 2 aliphatic heterocycles. The number of rotatable bonds is 34. The van der Waals surface area contributed by atoms with Gasteiger partial charge in [-0.15, -0.1) is 0 Å². The topological polar surface area (TPSA) is 535 Å². The molecule has 31 nitrogen and oxygen atoms in total. The summed E-state index contributed by atoms with van der Waals surface area (Å²) in [5.41, 5.74) is -1.24. The summed E-state index contributed by atoms with van der Waals surface area (Å²) in [4.78, 5) is 31.8. The average molecular weight is 1560 g/mol. The number of aliphatic hydroxyl groups is 22. The lowest BCUT2D eigenvalue weighted by Gasteiger charge is -2.63. The number of nitrogens with one attached hydrogen (secondary N) is 1. The van der Waals surface area contributed by atoms with E-state index in [0.29, 0.717) is 57.8 Å². The van der Waals surface area contributed by atoms with Crippen molar-refractivity contribution < 1.29 is 141 Å². The van der Waals surface area contributed by atoms with Gasteiger partial charge in [0.25, 0.3) is 0 Å². The van der Waals surface area contributed by atoms with Crippen molar-refractivity contribution in [3.63, 3.8) is 0 Å². The van der Waals surface area contributed by atoms with Crippen molar-refractivity contribution in [2.75, 3.05) is 65.7 Å². The molecule has 0 spiro atoms. The highest BCUT2D eigenvalue weighted by molar-refractivity contribution is 5.76. The van der Waals surface area contributed by atoms with Gasteiger partial charge in [0.15, 0.2) is 12.6 Å². The molecular weight excluding hydrogens is 1430 g/mol. The number of ether oxygens (including phenoxy) is 4. The second kappa shape index (κ2) is 37.2. The fraction of sp³-hybridized carbons (Fsp3) is 0.974. The SMILES string of the molecule is CC(CCC(=O)NCCCN(CCCN(CC(O)C(O)C(OC1OC(CO)C(O)C(O)C1O)C(O)CO)CC(O)C(O)C(OC1OC(CO)C(O)C(O)C1O)C(O)CO)C(=O)CCC(C)C1CCC2C3C(O)CC4CC(O)CCC4(C)C3CC(O)C12C)C1CCC2C3C(O)CC4CC(O)CCC4(C)C3CC(O)C12C. The van der Waals surface area contributed by atoms with Crippen LogP contribution in [0.5, 0.6) is 0 Å². The number of nitrogens with zero attached hydrogens (tertiary/aromatic N) is 2. The summed E-state index contributed by atoms with van der Waals surface area (Å²) >= 11 is 0. The highest BCUT2D eigenvalue weighted by Crippen LogP contribution is 2.70. The number of hydrogen-bond acceptors (Lipinski definition) is 29. The van der Waals surface area contributed by atoms with Crippen LogP contribution in [0.15, 0.2) is 0 Å². The first kappa shape index (κ1) is 89.2. The van der Waals surface area contributed by atoms with Gasteiger partial charge in [0.2, 0.25) is 11.8 Å². The molecule has 10 aliphatic rings. The van der Waals surface area contributed by atoms with Crippen molar-refractivity contribution in [2.24, 2.45) is 92.7 Å². The molecule has 2 amide bonds. The van der Waals surface area contributed by atoms with Gasteiger partial charge in [0.1, 0.15) is 85.5 Å². The first-order chi connectivity index (χ1) is 51.4. The molecular formula is C78H137N3O28. The molecule has 10 rings (SSSR count). The molecule has 109 heavy (non-hydrogen) atoms. The van der Waals surface area contributed by atoms with Gasteiger partial charge in [-0.05, 0) is 208 Å². The number of fused-ring (bicyclic) bond motifs is 10. The number of carbonyl (C=O) groups excluding carboxylic acids is 2. The molecule has 23 N–H and O–H groups in total. The minimum Gasteiger partial charge on any atom is -0.394 e. The largest absolute Gasteiger partial charge is 0.394 e. The van der Waals surface area contributed by atoms with Gasteiger partial charge >= 0.3 is 0 Å². The van der Waals surface area contributed by atoms with Gasteiger partial charge in [-0.3, -0.25) is 14.5 Å². The van der Waals surface area contributed by atoms with E-state index in [-0.39, 0.29) is 152 Å². The first-order valence-electron chi connectivity index (χ1n) is 41.0. The molecule has 40 atom stereocenters. The van der Waals surface area contributed by atoms with Crippen molar-refractivity contribution in [2.45, 2.75) is 317 Å². The number of aliphatic hydroxyl groups excluding tert-OH is 22. The second-order valence-corrected chi connectivity index (χ2v) is 36.5. The third kappa shape index (κ3) is 18.1. The monoisotopic (exact) mass is 1560 g/mol. The van der Waals surface area contributed by atoms with E-state index in [0.717, 1.165) is 44.9 Å². The number of carbonyl (C=O) groups is 2. The summed E-state index contributed by atoms with van der Waals surface area (Å²) < 4.78 is 22.2. The minimum absolute atomic E-state index is 0.00979. The van der Waals surface area contributed by atoms with Gasteiger partial charge < -0.3 is 142 Å². The molecule has 632 valence electrons. The van der Waals surface area contributed by atoms with Crippen molar-refractivity contribution in [1.82, 2.24) is 15.1 Å². The van der Waals surface area contributed by atoms with Crippen LogP contribution in [0.4, 0.5) is 0 Å². The predicted octanol–water partition coefficient (Wildman–Crippen LogP) is -3.71. The van der Waals surface area contributed by atoms with Crippen molar-refractivity contribution in [1.29, 1.82) is 0 Å². The van der Waals surface area contributed by atoms with E-state index in [9.17, 15) is 117 Å². The van der Waals surface area contributed by atoms with Crippen molar-refractivity contribution in [3.05, 3.63) is 0 Å². The lowest BCUT2D eigenvalue weighted by atomic mass is 9.43. The van der Waals surface area contributed by atoms with E-state index in [1.807, 2.05) is 0 Å². The predicted molar refractivity (Wildman–Crippen MR) is 388 cm³/mol. The summed E-state index contributed by atoms with van der Waals surface area (Å²) in [5.74, 6) is 0.293. The standard InChI is InChI=1S/C78H137N3O28/c1-37(43-11-13-45-61-47(29-57(94)77(43,45)5)75(3)19-17-41(86)25-39(75)27-49(61)88)9-15-59(96)79-21-7-23-81(60(97)16-10-38(2)44-12-14-46-62-48(30-58(95)78(44,46)6)76(4)20-18-42(87)26-40(76)28-50(62)89)24-8-22-80(31-51(90)63(98)71(53(92)33-82)108-73-69(104)67(102)65(100)55(35-84)106-73)32-52(91)64(99)72(54(93)34-83)109-74-70(105)68(103)66(101)56(36-85)107-74/h37-58,61-74,82-95,98-105H,7-36H2,1-6H3,(H,79,96). The molecule has 40 unspecified atom stereocenters. The molecule has 0 aromatic rings. The van der Waals surface area contributed by atoms with E-state index in [1.165, 1.54) is 4.90 Å². The highest BCUT2D eigenvalue weighted by atomic mass is 16.7. The van der Waals surface area contributed by atoms with Crippen LogP contribution in [0, 0.1) is 92.7 Å². The third-order valence-electron chi connectivity index (χ3n) is 30.6. The molecule has 10 fully saturated rings. The van der Waals surface area contributed by atoms with Gasteiger partial charge in [0, 0.05) is 52.1 Å². The van der Waals surface area contributed by atoms with Gasteiger partial charge in [-0.25, -0.2) is 0 Å². The van der Waals surface area contributed by atoms with Crippen LogP contribution in [0.3, 0.4) is 0 Å². The van der Waals surface area contributed by atoms with Gasteiger partial charge in [-0.2, -0.15) is 0 Å². The Kier molecular flexibility index (Phi) is 30.5. The Morgan fingerprint density at radius 3 is 1.31 bits per heavy atom. The second-order valence-electron chi connectivity index (χ2n) is 36.5. The Hall–Kier alpha value is -2.14. The maximum Gasteiger partial charge on any atom is 0.222 e. The summed E-state index contributed by atoms with van der Waals surface area (Å²) in [6, 6.07) is 0. The molecule has 8 saturated carbocycles. The molecule has 0 aromatic carbocycles. The quantitative estimate of drug-likeness (QED) is 0.0276. The Balaban J connectivity index is 0.841. The highest BCUT2D eigenvalue weighted by Gasteiger charge is 2.68. The van der Waals surface area contributed by atoms with Crippen LogP contribution in [0.1, 0.15) is 170 Å². The number of hydrogen-bond donors (Lipinski definition) is 23. The van der Waals surface area contributed by atoms with Gasteiger partial charge in [0.05, 0.1) is 75.3 Å². The average Bonchev–Trinajstić information content (AvgIpc) is 1.66. The molecule has 2 heterocycles. The molecule has 8 aliphatic carbocycles. The van der Waals surface area contributed by atoms with Crippen LogP contribution in [-0.4, -0.2) is 347 Å². The minimum atomic E-state index is -2.24. The summed E-state index contributed by atoms with van der Waals surface area (Å²) in [6.07, 6.45) is -27.2. The Labute approximate surface area is 640 Å². The first-order valence-corrected chi connectivity index (χ1v) is 41.0. The summed E-state index contributed by atoms with van der Waals surface area (Å²) in [6.45, 7) is 7.76. The van der Waals surface area contributed by atoms with Crippen molar-refractivity contribution >= 4 is 11.8 Å². The smallest absolute Gasteiger partial charge is 0.222 e. The van der Waals surface area contributed by atoms with Crippen molar-refractivity contribution in [3.8, 4) is 0 Å². The van der Waals surface area contributed by atoms with Crippen LogP contribution in [0.2, 0.25) is 0 Å². The van der Waals surface area contributed by atoms with Crippen LogP contribution in [0.25, 0.3) is 0 Å². The van der Waals surface area contributed by atoms with E-state index in [1.54, 1.807) is 4.90 Å². The zero-order valence-electron chi connectivity index (χ0n) is 64.7. The normalized spacial score (nSPS) is 44.9. The summed E-state index contributed by atoms with van der Waals surface area (Å²) in [7, 11) is 0. The van der Waals surface area contributed by atoms with Crippen LogP contribution < -0.4 is 5.32 Å². The fourth-order valence-electron chi connectivity index (χ4n) is 24.1. The van der Waals surface area contributed by atoms with E-state index in [4.69, 9.17) is 18.9 Å². The van der Waals surface area contributed by atoms with E-state index in [2.05, 4.69) is 46.9 Å². The molecule has 0 radical (unpaired) electrons. The Morgan fingerprint density at radius 2 is 0.899 bits per heavy atom. The zero-order valence-corrected chi connectivity index (χ0v) is 64.7. The lowest BCUT2D eigenvalue weighted by Crippen LogP contribution is -2.62. The van der Waals surface area contributed by atoms with Crippen LogP contribution >= 0.6 is 0 Å². The van der Waals surface area contributed by atoms with Crippen LogP contribution in [-0.2, 0) is 28.5 Å². The lowest BCUT2D eigenvalue weighted by molar-refractivity contribution is -0.327. The fourth-order valence-corrected chi connectivity index (χ4v) is 24.1. The molecule has 2 saturated heterocycles. The molecule has 0 bridgehead atoms. The van der Waals surface area contributed by atoms with E-state index >= 15 is 4.79 Å². The molecule has 0 aromatic heterocycles. The number of amides is 2. The van der Waals surface area contributed by atoms with Gasteiger partial charge in [-0.1, -0.05) is 41.5 Å². The summed E-state index contributed by atoms with van der Waals surface area (Å²) in [5, 5.41) is 246. The maximum absolute atomic E-state index is 15.0. The Bertz CT molecular complexity index is 2820. The zero-order chi connectivity index (χ0) is 79.8. The van der Waals surface area contributed by atoms with E-state index < -0.39 is 191 Å². The third-order valence-corrected chi connectivity index (χ3v) is 30.6. The molecule has 31 heteroatoms. The maximum atomic E-state index is 15.0.